The van der Waals surface area contributed by atoms with Gasteiger partial charge in [0, 0.05) is 43.4 Å². The molecule has 1 atom stereocenters. The zero-order chi connectivity index (χ0) is 19.5. The zero-order valence-electron chi connectivity index (χ0n) is 17.1. The van der Waals surface area contributed by atoms with Gasteiger partial charge in [-0.2, -0.15) is 0 Å². The number of hydrogen-bond donors (Lipinski definition) is 1. The van der Waals surface area contributed by atoms with Crippen LogP contribution in [-0.2, 0) is 29.0 Å². The van der Waals surface area contributed by atoms with Crippen LogP contribution in [-0.4, -0.2) is 25.1 Å². The number of hydrogen-bond acceptors (Lipinski definition) is 3. The van der Waals surface area contributed by atoms with Crippen LogP contribution in [0.5, 0.6) is 0 Å². The topological polar surface area (TPSA) is 35.4 Å². The molecule has 1 aromatic heterocycles. The molecule has 0 aliphatic heterocycles. The van der Waals surface area contributed by atoms with Crippen molar-refractivity contribution in [2.75, 3.05) is 14.2 Å². The molecule has 2 aromatic carbocycles. The lowest BCUT2D eigenvalue weighted by molar-refractivity contribution is -0.110. The molecule has 1 heterocycles. The summed E-state index contributed by atoms with van der Waals surface area (Å²) in [5.74, 6) is 0. The summed E-state index contributed by atoms with van der Waals surface area (Å²) >= 11 is 0. The van der Waals surface area contributed by atoms with Crippen LogP contribution in [0.15, 0.2) is 48.5 Å². The highest BCUT2D eigenvalue weighted by Crippen LogP contribution is 2.38. The monoisotopic (exact) mass is 378 g/mol. The molecule has 1 aliphatic rings. The Hall–Kier alpha value is -2.14. The van der Waals surface area contributed by atoms with E-state index in [1.54, 1.807) is 14.2 Å². The Morgan fingerprint density at radius 3 is 2.64 bits per heavy atom. The van der Waals surface area contributed by atoms with E-state index in [4.69, 9.17) is 9.47 Å². The Balaban J connectivity index is 1.74. The predicted molar refractivity (Wildman–Crippen MR) is 113 cm³/mol. The van der Waals surface area contributed by atoms with Crippen molar-refractivity contribution in [1.82, 2.24) is 9.88 Å². The first kappa shape index (κ1) is 19.2. The van der Waals surface area contributed by atoms with E-state index in [2.05, 4.69) is 65.3 Å². The van der Waals surface area contributed by atoms with Gasteiger partial charge < -0.3 is 19.4 Å². The van der Waals surface area contributed by atoms with Gasteiger partial charge in [-0.25, -0.2) is 0 Å². The summed E-state index contributed by atoms with van der Waals surface area (Å²) in [6, 6.07) is 17.8. The molecule has 0 amide bonds. The van der Waals surface area contributed by atoms with Gasteiger partial charge in [-0.05, 0) is 49.4 Å². The standard InChI is InChI=1S/C24H30N2O2/c1-17-12-13-22-20(14-17)19-10-7-11-21(25-15-18-8-5-4-6-9-18)24(19)26(22)16-23(27-2)28-3/h4-6,8-9,12-14,21,23,25H,7,10-11,15-16H2,1-3H3/t21-/m1/s1. The van der Waals surface area contributed by atoms with Crippen LogP contribution in [0.25, 0.3) is 10.9 Å². The molecule has 4 heteroatoms. The van der Waals surface area contributed by atoms with Crippen molar-refractivity contribution < 1.29 is 9.47 Å². The van der Waals surface area contributed by atoms with Gasteiger partial charge in [0.1, 0.15) is 0 Å². The number of aromatic nitrogens is 1. The van der Waals surface area contributed by atoms with E-state index in [1.165, 1.54) is 39.7 Å². The van der Waals surface area contributed by atoms with E-state index in [9.17, 15) is 0 Å². The van der Waals surface area contributed by atoms with Gasteiger partial charge >= 0.3 is 0 Å². The van der Waals surface area contributed by atoms with Crippen molar-refractivity contribution in [3.63, 3.8) is 0 Å². The third kappa shape index (κ3) is 3.72. The molecular formula is C24H30N2O2. The summed E-state index contributed by atoms with van der Waals surface area (Å²) in [6.45, 7) is 3.75. The second-order valence-electron chi connectivity index (χ2n) is 7.71. The molecule has 28 heavy (non-hydrogen) atoms. The van der Waals surface area contributed by atoms with Crippen molar-refractivity contribution >= 4 is 10.9 Å². The number of aryl methyl sites for hydroxylation is 2. The Labute approximate surface area is 167 Å². The molecule has 0 saturated heterocycles. The van der Waals surface area contributed by atoms with E-state index >= 15 is 0 Å². The molecule has 4 rings (SSSR count). The first-order valence-corrected chi connectivity index (χ1v) is 10.2. The SMILES string of the molecule is COC(Cn1c2c(c3cc(C)ccc31)CCC[C@H]2NCc1ccccc1)OC. The number of rotatable bonds is 7. The Morgan fingerprint density at radius 1 is 1.11 bits per heavy atom. The van der Waals surface area contributed by atoms with Crippen LogP contribution in [0.3, 0.4) is 0 Å². The number of fused-ring (bicyclic) bond motifs is 3. The van der Waals surface area contributed by atoms with Gasteiger partial charge in [-0.1, -0.05) is 42.0 Å². The smallest absolute Gasteiger partial charge is 0.174 e. The second-order valence-corrected chi connectivity index (χ2v) is 7.71. The van der Waals surface area contributed by atoms with Crippen LogP contribution in [0.4, 0.5) is 0 Å². The maximum Gasteiger partial charge on any atom is 0.174 e. The van der Waals surface area contributed by atoms with Gasteiger partial charge in [0.2, 0.25) is 0 Å². The number of ether oxygens (including phenoxy) is 2. The molecular weight excluding hydrogens is 348 g/mol. The minimum atomic E-state index is -0.252. The fourth-order valence-corrected chi connectivity index (χ4v) is 4.47. The second kappa shape index (κ2) is 8.48. The summed E-state index contributed by atoms with van der Waals surface area (Å²) in [6.07, 6.45) is 3.25. The van der Waals surface area contributed by atoms with Crippen LogP contribution in [0.2, 0.25) is 0 Å². The minimum absolute atomic E-state index is 0.252. The molecule has 0 spiro atoms. The van der Waals surface area contributed by atoms with Crippen LogP contribution in [0.1, 0.15) is 41.3 Å². The van der Waals surface area contributed by atoms with E-state index in [0.29, 0.717) is 12.6 Å². The number of benzene rings is 2. The van der Waals surface area contributed by atoms with E-state index in [1.807, 2.05) is 0 Å². The molecule has 4 nitrogen and oxygen atoms in total. The van der Waals surface area contributed by atoms with Crippen molar-refractivity contribution in [2.24, 2.45) is 0 Å². The number of nitrogens with zero attached hydrogens (tertiary/aromatic N) is 1. The molecule has 3 aromatic rings. The molecule has 0 bridgehead atoms. The largest absolute Gasteiger partial charge is 0.354 e. The summed E-state index contributed by atoms with van der Waals surface area (Å²) in [4.78, 5) is 0. The van der Waals surface area contributed by atoms with Gasteiger partial charge in [-0.15, -0.1) is 0 Å². The minimum Gasteiger partial charge on any atom is -0.354 e. The lowest BCUT2D eigenvalue weighted by Crippen LogP contribution is -2.29. The zero-order valence-corrected chi connectivity index (χ0v) is 17.1. The summed E-state index contributed by atoms with van der Waals surface area (Å²) in [5.41, 5.74) is 6.80. The Morgan fingerprint density at radius 2 is 1.89 bits per heavy atom. The predicted octanol–water partition coefficient (Wildman–Crippen LogP) is 4.74. The highest BCUT2D eigenvalue weighted by Gasteiger charge is 2.28. The fourth-order valence-electron chi connectivity index (χ4n) is 4.47. The van der Waals surface area contributed by atoms with Crippen molar-refractivity contribution in [2.45, 2.75) is 51.6 Å². The summed E-state index contributed by atoms with van der Waals surface area (Å²) in [7, 11) is 3.42. The first-order chi connectivity index (χ1) is 13.7. The lowest BCUT2D eigenvalue weighted by atomic mass is 9.91. The maximum absolute atomic E-state index is 5.54. The fraction of sp³-hybridized carbons (Fsp3) is 0.417. The van der Waals surface area contributed by atoms with Gasteiger partial charge in [-0.3, -0.25) is 0 Å². The van der Waals surface area contributed by atoms with Crippen LogP contribution in [0, 0.1) is 6.92 Å². The van der Waals surface area contributed by atoms with E-state index in [0.717, 1.165) is 19.4 Å². The molecule has 1 aliphatic carbocycles. The Kier molecular flexibility index (Phi) is 5.81. The van der Waals surface area contributed by atoms with E-state index < -0.39 is 0 Å². The van der Waals surface area contributed by atoms with Gasteiger partial charge in [0.15, 0.2) is 6.29 Å². The van der Waals surface area contributed by atoms with Crippen molar-refractivity contribution in [1.29, 1.82) is 0 Å². The molecule has 0 fully saturated rings. The van der Waals surface area contributed by atoms with E-state index in [-0.39, 0.29) is 6.29 Å². The molecule has 1 N–H and O–H groups in total. The van der Waals surface area contributed by atoms with Crippen molar-refractivity contribution in [3.05, 3.63) is 70.9 Å². The normalized spacial score (nSPS) is 16.6. The molecule has 0 unspecified atom stereocenters. The average Bonchev–Trinajstić information content (AvgIpc) is 3.04. The third-order valence-corrected chi connectivity index (χ3v) is 5.87. The first-order valence-electron chi connectivity index (χ1n) is 10.2. The van der Waals surface area contributed by atoms with Crippen LogP contribution < -0.4 is 5.32 Å². The number of nitrogens with one attached hydrogen (secondary N) is 1. The Bertz CT molecular complexity index is 929. The maximum atomic E-state index is 5.54. The molecule has 0 saturated carbocycles. The summed E-state index contributed by atoms with van der Waals surface area (Å²) in [5, 5.41) is 5.20. The van der Waals surface area contributed by atoms with Gasteiger partial charge in [0.05, 0.1) is 6.54 Å². The third-order valence-electron chi connectivity index (χ3n) is 5.87. The van der Waals surface area contributed by atoms with Gasteiger partial charge in [0.25, 0.3) is 0 Å². The number of methoxy groups -OCH3 is 2. The highest BCUT2D eigenvalue weighted by atomic mass is 16.7. The van der Waals surface area contributed by atoms with Crippen molar-refractivity contribution in [3.8, 4) is 0 Å². The summed E-state index contributed by atoms with van der Waals surface area (Å²) < 4.78 is 13.5. The molecule has 0 radical (unpaired) electrons. The quantitative estimate of drug-likeness (QED) is 0.604. The molecule has 148 valence electrons. The average molecular weight is 379 g/mol. The lowest BCUT2D eigenvalue weighted by Gasteiger charge is -2.28. The highest BCUT2D eigenvalue weighted by molar-refractivity contribution is 5.86. The van der Waals surface area contributed by atoms with Crippen LogP contribution >= 0.6 is 0 Å².